The van der Waals surface area contributed by atoms with Gasteiger partial charge in [0, 0.05) is 25.3 Å². The molecule has 0 saturated heterocycles. The van der Waals surface area contributed by atoms with Gasteiger partial charge in [-0.15, -0.1) is 0 Å². The lowest BCUT2D eigenvalue weighted by Gasteiger charge is -2.29. The number of aliphatic hydroxyl groups is 1. The third-order valence-electron chi connectivity index (χ3n) is 5.09. The summed E-state index contributed by atoms with van der Waals surface area (Å²) in [5.74, 6) is -2.68. The van der Waals surface area contributed by atoms with Gasteiger partial charge in [-0.25, -0.2) is 14.4 Å². The normalized spacial score (nSPS) is 13.1. The second-order valence-corrected chi connectivity index (χ2v) is 10.9. The summed E-state index contributed by atoms with van der Waals surface area (Å²) in [6.45, 7) is 7.15. The number of carbonyl (C=O) groups excluding carboxylic acids is 4. The molecule has 0 bridgehead atoms. The highest BCUT2D eigenvalue weighted by molar-refractivity contribution is 7.86. The fraction of sp³-hybridized carbons (Fsp3) is 0.600. The van der Waals surface area contributed by atoms with Gasteiger partial charge in [0.2, 0.25) is 5.91 Å². The minimum atomic E-state index is -4.00. The van der Waals surface area contributed by atoms with Crippen molar-refractivity contribution in [3.05, 3.63) is 29.8 Å². The van der Waals surface area contributed by atoms with Gasteiger partial charge in [0.25, 0.3) is 16.4 Å². The second kappa shape index (κ2) is 16.0. The van der Waals surface area contributed by atoms with Gasteiger partial charge in [-0.1, -0.05) is 32.9 Å². The van der Waals surface area contributed by atoms with Crippen LogP contribution < -0.4 is 10.1 Å². The van der Waals surface area contributed by atoms with E-state index in [1.807, 2.05) is 0 Å². The highest BCUT2D eigenvalue weighted by Gasteiger charge is 2.38. The lowest BCUT2D eigenvalue weighted by Crippen LogP contribution is -2.43. The van der Waals surface area contributed by atoms with Crippen molar-refractivity contribution in [3.63, 3.8) is 0 Å². The maximum atomic E-state index is 12.6. The SMILES string of the molecule is CCCC(OC(=O)Oc1ccccc1C(=O)OCC)OC(=O)[C@H](O)C(C)(C)COS(=O)(=O)CCCNC(C)=O. The molecule has 1 unspecified atom stereocenters. The summed E-state index contributed by atoms with van der Waals surface area (Å²) in [6, 6.07) is 5.83. The first kappa shape index (κ1) is 33.8. The van der Waals surface area contributed by atoms with E-state index in [2.05, 4.69) is 5.32 Å². The van der Waals surface area contributed by atoms with E-state index in [-0.39, 0.29) is 49.0 Å². The number of hydrogen-bond donors (Lipinski definition) is 2. The van der Waals surface area contributed by atoms with Gasteiger partial charge in [0.1, 0.15) is 11.3 Å². The van der Waals surface area contributed by atoms with Crippen molar-refractivity contribution in [3.8, 4) is 5.75 Å². The molecule has 0 aromatic heterocycles. The van der Waals surface area contributed by atoms with E-state index in [4.69, 9.17) is 23.1 Å². The Morgan fingerprint density at radius 3 is 2.36 bits per heavy atom. The molecule has 14 heteroatoms. The number of ether oxygens (including phenoxy) is 4. The van der Waals surface area contributed by atoms with Gasteiger partial charge in [-0.05, 0) is 31.9 Å². The molecule has 0 aliphatic rings. The van der Waals surface area contributed by atoms with Crippen molar-refractivity contribution in [2.24, 2.45) is 5.41 Å². The van der Waals surface area contributed by atoms with Crippen LogP contribution in [-0.2, 0) is 38.1 Å². The summed E-state index contributed by atoms with van der Waals surface area (Å²) in [5, 5.41) is 13.0. The average Bonchev–Trinajstić information content (AvgIpc) is 2.85. The molecular weight excluding hydrogens is 538 g/mol. The Balaban J connectivity index is 2.75. The zero-order chi connectivity index (χ0) is 29.6. The van der Waals surface area contributed by atoms with Gasteiger partial charge >= 0.3 is 18.1 Å². The van der Waals surface area contributed by atoms with Crippen LogP contribution >= 0.6 is 0 Å². The minimum Gasteiger partial charge on any atom is -0.462 e. The molecule has 1 rings (SSSR count). The maximum absolute atomic E-state index is 12.6. The molecular formula is C25H37NO12S. The number of nitrogens with one attached hydrogen (secondary N) is 1. The monoisotopic (exact) mass is 575 g/mol. The van der Waals surface area contributed by atoms with E-state index >= 15 is 0 Å². The van der Waals surface area contributed by atoms with Crippen LogP contribution in [0, 0.1) is 5.41 Å². The number of rotatable bonds is 16. The van der Waals surface area contributed by atoms with Crippen LogP contribution in [0.2, 0.25) is 0 Å². The van der Waals surface area contributed by atoms with Crippen LogP contribution in [0.4, 0.5) is 4.79 Å². The number of carbonyl (C=O) groups is 4. The minimum absolute atomic E-state index is 0.0115. The largest absolute Gasteiger partial charge is 0.516 e. The Bertz CT molecular complexity index is 1090. The van der Waals surface area contributed by atoms with Crippen LogP contribution in [0.25, 0.3) is 0 Å². The molecule has 0 spiro atoms. The van der Waals surface area contributed by atoms with Crippen molar-refractivity contribution < 1.29 is 55.8 Å². The third kappa shape index (κ3) is 12.4. The quantitative estimate of drug-likeness (QED) is 0.0966. The second-order valence-electron chi connectivity index (χ2n) is 9.09. The number of esters is 2. The van der Waals surface area contributed by atoms with Crippen molar-refractivity contribution in [2.45, 2.75) is 66.3 Å². The van der Waals surface area contributed by atoms with E-state index in [9.17, 15) is 32.7 Å². The molecule has 1 aromatic carbocycles. The number of aliphatic hydroxyl groups excluding tert-OH is 1. The van der Waals surface area contributed by atoms with Crippen LogP contribution in [0.5, 0.6) is 5.75 Å². The standard InChI is InChI=1S/C25H37NO12S/c1-6-11-20(38-24(31)36-19-13-9-8-12-18(19)22(29)34-7-2)37-23(30)21(28)25(4,5)16-35-39(32,33)15-10-14-26-17(3)27/h8-9,12-13,20-21,28H,6-7,10-11,14-16H2,1-5H3,(H,26,27)/t20?,21-/m0/s1. The van der Waals surface area contributed by atoms with Gasteiger partial charge in [0.05, 0.1) is 19.0 Å². The Kier molecular flexibility index (Phi) is 13.9. The molecule has 0 aliphatic carbocycles. The third-order valence-corrected chi connectivity index (χ3v) is 6.36. The van der Waals surface area contributed by atoms with Gasteiger partial charge in [0.15, 0.2) is 6.10 Å². The topological polar surface area (TPSA) is 181 Å². The highest BCUT2D eigenvalue weighted by atomic mass is 32.2. The summed E-state index contributed by atoms with van der Waals surface area (Å²) in [5.41, 5.74) is -1.42. The highest BCUT2D eigenvalue weighted by Crippen LogP contribution is 2.25. The smallest absolute Gasteiger partial charge is 0.462 e. The molecule has 2 atom stereocenters. The molecule has 1 aromatic rings. The summed E-state index contributed by atoms with van der Waals surface area (Å²) in [7, 11) is -4.00. The summed E-state index contributed by atoms with van der Waals surface area (Å²) >= 11 is 0. The fourth-order valence-electron chi connectivity index (χ4n) is 2.94. The predicted octanol–water partition coefficient (Wildman–Crippen LogP) is 2.31. The molecule has 0 saturated carbocycles. The van der Waals surface area contributed by atoms with Crippen LogP contribution in [-0.4, -0.2) is 75.4 Å². The number of para-hydroxylation sites is 1. The number of hydrogen-bond acceptors (Lipinski definition) is 12. The molecule has 0 radical (unpaired) electrons. The van der Waals surface area contributed by atoms with Crippen LogP contribution in [0.3, 0.4) is 0 Å². The van der Waals surface area contributed by atoms with Crippen LogP contribution in [0.1, 0.15) is 64.2 Å². The predicted molar refractivity (Wildman–Crippen MR) is 137 cm³/mol. The molecule has 0 fully saturated rings. The summed E-state index contributed by atoms with van der Waals surface area (Å²) < 4.78 is 49.4. The zero-order valence-electron chi connectivity index (χ0n) is 22.8. The molecule has 220 valence electrons. The zero-order valence-corrected chi connectivity index (χ0v) is 23.6. The first-order chi connectivity index (χ1) is 18.2. The summed E-state index contributed by atoms with van der Waals surface area (Å²) in [4.78, 5) is 47.9. The molecule has 0 aliphatic heterocycles. The van der Waals surface area contributed by atoms with E-state index in [1.165, 1.54) is 39.0 Å². The van der Waals surface area contributed by atoms with Crippen molar-refractivity contribution >= 4 is 34.1 Å². The van der Waals surface area contributed by atoms with Crippen LogP contribution in [0.15, 0.2) is 24.3 Å². The van der Waals surface area contributed by atoms with E-state index in [1.54, 1.807) is 19.9 Å². The van der Waals surface area contributed by atoms with Crippen molar-refractivity contribution in [1.29, 1.82) is 0 Å². The maximum Gasteiger partial charge on any atom is 0.516 e. The van der Waals surface area contributed by atoms with E-state index in [0.717, 1.165) is 0 Å². The Labute approximate surface area is 228 Å². The Hall–Kier alpha value is -3.23. The van der Waals surface area contributed by atoms with Gasteiger partial charge < -0.3 is 29.4 Å². The Morgan fingerprint density at radius 1 is 1.08 bits per heavy atom. The molecule has 0 heterocycles. The lowest BCUT2D eigenvalue weighted by atomic mass is 9.87. The average molecular weight is 576 g/mol. The van der Waals surface area contributed by atoms with E-state index < -0.39 is 52.6 Å². The van der Waals surface area contributed by atoms with Crippen molar-refractivity contribution in [1.82, 2.24) is 5.32 Å². The first-order valence-corrected chi connectivity index (χ1v) is 13.9. The summed E-state index contributed by atoms with van der Waals surface area (Å²) in [6.07, 6.45) is -3.94. The lowest BCUT2D eigenvalue weighted by molar-refractivity contribution is -0.187. The van der Waals surface area contributed by atoms with Crippen molar-refractivity contribution in [2.75, 3.05) is 25.5 Å². The molecule has 2 N–H and O–H groups in total. The van der Waals surface area contributed by atoms with Gasteiger partial charge in [-0.2, -0.15) is 8.42 Å². The number of amides is 1. The molecule has 1 amide bonds. The number of benzene rings is 1. The molecule has 39 heavy (non-hydrogen) atoms. The first-order valence-electron chi connectivity index (χ1n) is 12.4. The van der Waals surface area contributed by atoms with E-state index in [0.29, 0.717) is 6.42 Å². The fourth-order valence-corrected chi connectivity index (χ4v) is 4.04. The Morgan fingerprint density at radius 2 is 1.74 bits per heavy atom. The van der Waals surface area contributed by atoms with Gasteiger partial charge in [-0.3, -0.25) is 8.98 Å². The molecule has 13 nitrogen and oxygen atoms in total.